The third-order valence-corrected chi connectivity index (χ3v) is 0.350. The third-order valence-electron chi connectivity index (χ3n) is 0.350. The van der Waals surface area contributed by atoms with E-state index in [0.717, 1.165) is 0 Å². The molecule has 0 unspecified atom stereocenters. The molecule has 91 valence electrons. The summed E-state index contributed by atoms with van der Waals surface area (Å²) in [5.41, 5.74) is 0. The predicted molar refractivity (Wildman–Crippen MR) is 38.3 cm³/mol. The largest absolute Gasteiger partial charge is 2.00 e. The molecule has 0 aliphatic rings. The SMILES string of the molecule is O.O.O=C(O)C(=O)O.O=C([O-])C(=O)[O-].[Mg+2].[Mn]. The topological polar surface area (TPSA) is 218 Å². The van der Waals surface area contributed by atoms with Gasteiger partial charge in [-0.1, -0.05) is 0 Å². The van der Waals surface area contributed by atoms with Crippen molar-refractivity contribution in [3.8, 4) is 0 Å². The van der Waals surface area contributed by atoms with Gasteiger partial charge in [0, 0.05) is 17.1 Å². The second kappa shape index (κ2) is 19.6. The van der Waals surface area contributed by atoms with E-state index < -0.39 is 23.9 Å². The van der Waals surface area contributed by atoms with E-state index in [9.17, 15) is 0 Å². The first kappa shape index (κ1) is 36.3. The van der Waals surface area contributed by atoms with Crippen LogP contribution in [0.4, 0.5) is 0 Å². The zero-order valence-corrected chi connectivity index (χ0v) is 10.0. The Morgan fingerprint density at radius 1 is 0.750 bits per heavy atom. The maximum atomic E-state index is 9.10. The fourth-order valence-electron chi connectivity index (χ4n) is 0. The molecule has 0 heterocycles. The molecular weight excluding hydrogens is 287 g/mol. The normalized spacial score (nSPS) is 5.50. The van der Waals surface area contributed by atoms with Gasteiger partial charge in [-0.25, -0.2) is 9.59 Å². The molecule has 0 aliphatic carbocycles. The molecular formula is C4H6MgMnO10. The van der Waals surface area contributed by atoms with Gasteiger partial charge in [-0.2, -0.15) is 0 Å². The zero-order chi connectivity index (χ0) is 10.3. The van der Waals surface area contributed by atoms with Gasteiger partial charge in [0.2, 0.25) is 0 Å². The summed E-state index contributed by atoms with van der Waals surface area (Å²) in [4.78, 5) is 36.1. The molecule has 10 nitrogen and oxygen atoms in total. The van der Waals surface area contributed by atoms with Crippen molar-refractivity contribution >= 4 is 46.9 Å². The van der Waals surface area contributed by atoms with Crippen LogP contribution in [0.25, 0.3) is 0 Å². The molecule has 0 fully saturated rings. The average molecular weight is 293 g/mol. The van der Waals surface area contributed by atoms with E-state index in [0.29, 0.717) is 0 Å². The van der Waals surface area contributed by atoms with Crippen molar-refractivity contribution in [2.75, 3.05) is 0 Å². The van der Waals surface area contributed by atoms with Crippen LogP contribution in [0, 0.1) is 0 Å². The van der Waals surface area contributed by atoms with Gasteiger partial charge in [0.15, 0.2) is 0 Å². The Hall–Kier alpha value is -0.914. The predicted octanol–water partition coefficient (Wildman–Crippen LogP) is -6.39. The molecule has 0 aromatic rings. The van der Waals surface area contributed by atoms with E-state index in [1.165, 1.54) is 0 Å². The second-order valence-electron chi connectivity index (χ2n) is 1.19. The summed E-state index contributed by atoms with van der Waals surface area (Å²) < 4.78 is 0. The summed E-state index contributed by atoms with van der Waals surface area (Å²) in [5, 5.41) is 32.6. The van der Waals surface area contributed by atoms with Crippen molar-refractivity contribution in [1.82, 2.24) is 0 Å². The summed E-state index contributed by atoms with van der Waals surface area (Å²) in [6, 6.07) is 0. The van der Waals surface area contributed by atoms with Crippen molar-refractivity contribution < 1.29 is 67.6 Å². The summed E-state index contributed by atoms with van der Waals surface area (Å²) in [5.74, 6) is -8.02. The Labute approximate surface area is 114 Å². The Kier molecular flexibility index (Phi) is 44.5. The average Bonchev–Trinajstić information content (AvgIpc) is 1.88. The van der Waals surface area contributed by atoms with Crippen LogP contribution in [0.15, 0.2) is 0 Å². The van der Waals surface area contributed by atoms with Gasteiger partial charge in [-0.15, -0.1) is 0 Å². The van der Waals surface area contributed by atoms with Crippen molar-refractivity contribution in [1.29, 1.82) is 0 Å². The molecule has 0 amide bonds. The first-order chi connectivity index (χ1) is 5.29. The van der Waals surface area contributed by atoms with Crippen LogP contribution in [0.2, 0.25) is 0 Å². The van der Waals surface area contributed by atoms with Crippen molar-refractivity contribution in [3.05, 3.63) is 0 Å². The van der Waals surface area contributed by atoms with Gasteiger partial charge in [0.25, 0.3) is 0 Å². The molecule has 0 saturated heterocycles. The number of aliphatic carboxylic acids is 4. The van der Waals surface area contributed by atoms with Gasteiger partial charge >= 0.3 is 35.0 Å². The second-order valence-corrected chi connectivity index (χ2v) is 1.19. The van der Waals surface area contributed by atoms with E-state index >= 15 is 0 Å². The van der Waals surface area contributed by atoms with Crippen LogP contribution in [0.1, 0.15) is 0 Å². The maximum Gasteiger partial charge on any atom is 2.00 e. The first-order valence-corrected chi connectivity index (χ1v) is 2.17. The molecule has 0 rings (SSSR count). The van der Waals surface area contributed by atoms with Gasteiger partial charge in [0.1, 0.15) is 0 Å². The first-order valence-electron chi connectivity index (χ1n) is 2.17. The van der Waals surface area contributed by atoms with Gasteiger partial charge < -0.3 is 41.0 Å². The number of carboxylic acid groups (broad SMARTS) is 4. The van der Waals surface area contributed by atoms with E-state index in [4.69, 9.17) is 39.6 Å². The van der Waals surface area contributed by atoms with Crippen LogP contribution in [0.3, 0.4) is 0 Å². The smallest absolute Gasteiger partial charge is 0.543 e. The van der Waals surface area contributed by atoms with Crippen LogP contribution >= 0.6 is 0 Å². The van der Waals surface area contributed by atoms with Gasteiger partial charge in [0.05, 0.1) is 11.9 Å². The fourth-order valence-corrected chi connectivity index (χ4v) is 0. The molecule has 0 aliphatic heterocycles. The molecule has 0 aromatic heterocycles. The minimum Gasteiger partial charge on any atom is -0.543 e. The molecule has 0 bridgehead atoms. The molecule has 6 N–H and O–H groups in total. The Morgan fingerprint density at radius 3 is 0.875 bits per heavy atom. The van der Waals surface area contributed by atoms with Gasteiger partial charge in [-0.05, 0) is 0 Å². The summed E-state index contributed by atoms with van der Waals surface area (Å²) in [7, 11) is 0. The zero-order valence-electron chi connectivity index (χ0n) is 7.43. The van der Waals surface area contributed by atoms with Crippen molar-refractivity contribution in [3.63, 3.8) is 0 Å². The number of carbonyl (C=O) groups excluding carboxylic acids is 2. The molecule has 1 radical (unpaired) electrons. The monoisotopic (exact) mass is 293 g/mol. The molecule has 0 saturated carbocycles. The maximum absolute atomic E-state index is 9.10. The fraction of sp³-hybridized carbons (Fsp3) is 0. The third kappa shape index (κ3) is 38.1. The molecule has 0 atom stereocenters. The molecule has 16 heavy (non-hydrogen) atoms. The number of rotatable bonds is 0. The van der Waals surface area contributed by atoms with Crippen LogP contribution in [-0.4, -0.2) is 68.1 Å². The Balaban J connectivity index is -0.0000000250. The van der Waals surface area contributed by atoms with E-state index in [1.807, 2.05) is 0 Å². The summed E-state index contributed by atoms with van der Waals surface area (Å²) >= 11 is 0. The molecule has 12 heteroatoms. The van der Waals surface area contributed by atoms with E-state index in [2.05, 4.69) is 0 Å². The van der Waals surface area contributed by atoms with E-state index in [1.54, 1.807) is 0 Å². The van der Waals surface area contributed by atoms with Crippen LogP contribution in [-0.2, 0) is 36.2 Å². The Morgan fingerprint density at radius 2 is 0.875 bits per heavy atom. The molecule has 0 spiro atoms. The number of hydrogen-bond donors (Lipinski definition) is 2. The van der Waals surface area contributed by atoms with Crippen molar-refractivity contribution in [2.24, 2.45) is 0 Å². The minimum absolute atomic E-state index is 0. The van der Waals surface area contributed by atoms with E-state index in [-0.39, 0.29) is 51.1 Å². The number of carboxylic acids is 4. The van der Waals surface area contributed by atoms with Crippen molar-refractivity contribution in [2.45, 2.75) is 0 Å². The minimum atomic E-state index is -2.19. The summed E-state index contributed by atoms with van der Waals surface area (Å²) in [6.45, 7) is 0. The van der Waals surface area contributed by atoms with Crippen LogP contribution < -0.4 is 10.2 Å². The van der Waals surface area contributed by atoms with Crippen LogP contribution in [0.5, 0.6) is 0 Å². The number of carbonyl (C=O) groups is 4. The molecule has 0 aromatic carbocycles. The van der Waals surface area contributed by atoms with Gasteiger partial charge in [-0.3, -0.25) is 0 Å². The quantitative estimate of drug-likeness (QED) is 0.322. The Bertz CT molecular complexity index is 179. The number of hydrogen-bond acceptors (Lipinski definition) is 6. The standard InChI is InChI=1S/2C2H2O4.Mg.Mn.2H2O/c2*3-1(4)2(5)6;;;;/h2*(H,3,4)(H,5,6);;;2*1H2/q;;+2;;;/p-2. The summed E-state index contributed by atoms with van der Waals surface area (Å²) in [6.07, 6.45) is 0.